The van der Waals surface area contributed by atoms with Crippen LogP contribution in [0.3, 0.4) is 0 Å². The van der Waals surface area contributed by atoms with Crippen LogP contribution < -0.4 is 0 Å². The van der Waals surface area contributed by atoms with Crippen molar-refractivity contribution in [2.24, 2.45) is 0 Å². The molecular formula is H7Cl2CoKO7P2. The van der Waals surface area contributed by atoms with Crippen LogP contribution in [-0.4, -0.2) is 71.0 Å². The third-order valence-electron chi connectivity index (χ3n) is 0.213. The molecule has 0 amide bonds. The predicted octanol–water partition coefficient (Wildman–Crippen LogP) is -0.619. The topological polar surface area (TPSA) is 124 Å². The number of halogens is 2. The van der Waals surface area contributed by atoms with Crippen LogP contribution >= 0.6 is 40.5 Å². The molecule has 0 aromatic heterocycles. The minimum atomic E-state index is -5.05. The Bertz CT molecular complexity index is 165. The standard InChI is InChI=1S/2ClH.Co.K.H4O7P2.H/c;;;;1-8(2,3)7-9(4,5)6;/h2*1H;;;(H2,1,2,3)(H2,4,5,6);. The first kappa shape index (κ1) is 29.7. The summed E-state index contributed by atoms with van der Waals surface area (Å²) in [4.78, 5) is 31.0. The maximum atomic E-state index is 9.63. The molecule has 0 saturated heterocycles. The summed E-state index contributed by atoms with van der Waals surface area (Å²) in [6.07, 6.45) is 0. The van der Waals surface area contributed by atoms with Crippen LogP contribution in [0.2, 0.25) is 0 Å². The summed E-state index contributed by atoms with van der Waals surface area (Å²) in [5, 5.41) is 0. The van der Waals surface area contributed by atoms with Gasteiger partial charge in [-0.3, -0.25) is 0 Å². The van der Waals surface area contributed by atoms with Gasteiger partial charge >= 0.3 is 67.0 Å². The van der Waals surface area contributed by atoms with E-state index >= 15 is 0 Å². The molecule has 0 heterocycles. The summed E-state index contributed by atoms with van der Waals surface area (Å²) in [5.41, 5.74) is 0. The van der Waals surface area contributed by atoms with Crippen molar-refractivity contribution in [3.63, 3.8) is 0 Å². The third-order valence-corrected chi connectivity index (χ3v) is 1.91. The average Bonchev–Trinajstić information content (AvgIpc) is 1.14. The van der Waals surface area contributed by atoms with Crippen molar-refractivity contribution in [2.45, 2.75) is 0 Å². The van der Waals surface area contributed by atoms with Gasteiger partial charge < -0.3 is 19.6 Å². The molecule has 4 N–H and O–H groups in total. The van der Waals surface area contributed by atoms with Crippen LogP contribution in [0, 0.1) is 0 Å². The van der Waals surface area contributed by atoms with Crippen molar-refractivity contribution in [1.82, 2.24) is 0 Å². The van der Waals surface area contributed by atoms with Crippen LogP contribution in [-0.2, 0) is 30.2 Å². The Morgan fingerprint density at radius 3 is 1.00 bits per heavy atom. The first-order valence-corrected chi connectivity index (χ1v) is 4.59. The summed E-state index contributed by atoms with van der Waals surface area (Å²) in [7, 11) is -10.1. The second kappa shape index (κ2) is 11.5. The predicted molar refractivity (Wildman–Crippen MR) is 46.8 cm³/mol. The van der Waals surface area contributed by atoms with Gasteiger partial charge in [-0.25, -0.2) is 9.13 Å². The molecule has 0 rings (SSSR count). The Kier molecular flexibility index (Phi) is 26.2. The molecule has 13 heteroatoms. The van der Waals surface area contributed by atoms with Gasteiger partial charge in [0.25, 0.3) is 0 Å². The number of hydrogen-bond acceptors (Lipinski definition) is 3. The van der Waals surface area contributed by atoms with Gasteiger partial charge in [-0.05, 0) is 0 Å². The van der Waals surface area contributed by atoms with Crippen molar-refractivity contribution < 1.29 is 49.8 Å². The van der Waals surface area contributed by atoms with Crippen LogP contribution in [0.5, 0.6) is 0 Å². The Morgan fingerprint density at radius 1 is 0.846 bits per heavy atom. The van der Waals surface area contributed by atoms with Crippen LogP contribution in [0.1, 0.15) is 0 Å². The normalized spacial score (nSPS) is 9.54. The number of hydrogen-bond donors (Lipinski definition) is 4. The summed E-state index contributed by atoms with van der Waals surface area (Å²) in [6, 6.07) is 0. The van der Waals surface area contributed by atoms with Crippen LogP contribution in [0.4, 0.5) is 0 Å². The number of phosphoric acid groups is 2. The van der Waals surface area contributed by atoms with Gasteiger partial charge in [-0.15, -0.1) is 24.8 Å². The van der Waals surface area contributed by atoms with E-state index in [0.717, 1.165) is 0 Å². The molecule has 83 valence electrons. The van der Waals surface area contributed by atoms with Crippen LogP contribution in [0.15, 0.2) is 0 Å². The molecule has 0 aliphatic rings. The number of rotatable bonds is 2. The molecule has 13 heavy (non-hydrogen) atoms. The van der Waals surface area contributed by atoms with Crippen molar-refractivity contribution in [1.29, 1.82) is 0 Å². The van der Waals surface area contributed by atoms with Gasteiger partial charge in [0, 0.05) is 16.8 Å². The van der Waals surface area contributed by atoms with E-state index in [1.807, 2.05) is 0 Å². The SMILES string of the molecule is Cl.Cl.O=P(O)(O)OP(=O)(O)O.[Co].[KH]. The second-order valence-corrected chi connectivity index (χ2v) is 3.68. The van der Waals surface area contributed by atoms with Crippen molar-refractivity contribution >= 4 is 91.8 Å². The van der Waals surface area contributed by atoms with E-state index in [0.29, 0.717) is 0 Å². The van der Waals surface area contributed by atoms with E-state index in [9.17, 15) is 9.13 Å². The van der Waals surface area contributed by atoms with Gasteiger partial charge in [-0.2, -0.15) is 4.31 Å². The van der Waals surface area contributed by atoms with Crippen molar-refractivity contribution in [2.75, 3.05) is 0 Å². The molecule has 0 fully saturated rings. The van der Waals surface area contributed by atoms with E-state index in [1.165, 1.54) is 0 Å². The zero-order chi connectivity index (χ0) is 7.71. The molecule has 1 radical (unpaired) electrons. The second-order valence-electron chi connectivity index (χ2n) is 1.06. The Morgan fingerprint density at radius 2 is 1.00 bits per heavy atom. The quantitative estimate of drug-likeness (QED) is 0.387. The maximum absolute atomic E-state index is 9.63. The van der Waals surface area contributed by atoms with Crippen LogP contribution in [0.25, 0.3) is 0 Å². The Labute approximate surface area is 139 Å². The van der Waals surface area contributed by atoms with E-state index in [4.69, 9.17) is 19.6 Å². The van der Waals surface area contributed by atoms with Gasteiger partial charge in [-0.1, -0.05) is 0 Å². The van der Waals surface area contributed by atoms with Gasteiger partial charge in [0.1, 0.15) is 0 Å². The van der Waals surface area contributed by atoms with Gasteiger partial charge in [0.15, 0.2) is 0 Å². The minimum absolute atomic E-state index is 0. The summed E-state index contributed by atoms with van der Waals surface area (Å²) in [6.45, 7) is 0. The molecule has 0 aromatic rings. The molecule has 7 nitrogen and oxygen atoms in total. The fourth-order valence-corrected chi connectivity index (χ4v) is 1.25. The molecular weight excluding hydrogens is 343 g/mol. The molecule has 0 atom stereocenters. The van der Waals surface area contributed by atoms with E-state index in [-0.39, 0.29) is 93.0 Å². The first-order chi connectivity index (χ1) is 3.71. The molecule has 0 aliphatic carbocycles. The Hall–Kier alpha value is 2.98. The zero-order valence-electron chi connectivity index (χ0n) is 5.06. The van der Waals surface area contributed by atoms with Gasteiger partial charge in [0.2, 0.25) is 0 Å². The van der Waals surface area contributed by atoms with E-state index in [2.05, 4.69) is 4.31 Å². The zero-order valence-corrected chi connectivity index (χ0v) is 9.52. The molecule has 0 bridgehead atoms. The average molecular weight is 350 g/mol. The van der Waals surface area contributed by atoms with Gasteiger partial charge in [0.05, 0.1) is 0 Å². The summed E-state index contributed by atoms with van der Waals surface area (Å²) >= 11 is 0. The molecule has 0 unspecified atom stereocenters. The molecule has 0 spiro atoms. The van der Waals surface area contributed by atoms with Crippen molar-refractivity contribution in [3.05, 3.63) is 0 Å². The van der Waals surface area contributed by atoms with Crippen molar-refractivity contribution in [3.8, 4) is 0 Å². The summed E-state index contributed by atoms with van der Waals surface area (Å²) in [5.74, 6) is 0. The Balaban J connectivity index is -0.0000000533. The van der Waals surface area contributed by atoms with E-state index < -0.39 is 15.6 Å². The third kappa shape index (κ3) is 31.3. The fraction of sp³-hybridized carbons (Fsp3) is 0. The molecule has 0 saturated carbocycles. The first-order valence-electron chi connectivity index (χ1n) is 1.53. The van der Waals surface area contributed by atoms with E-state index in [1.54, 1.807) is 0 Å². The monoisotopic (exact) mass is 349 g/mol. The fourth-order valence-electron chi connectivity index (χ4n) is 0.139. The molecule has 0 aromatic carbocycles. The summed E-state index contributed by atoms with van der Waals surface area (Å²) < 4.78 is 22.2. The molecule has 0 aliphatic heterocycles.